The topological polar surface area (TPSA) is 67.8 Å². The van der Waals surface area contributed by atoms with Crippen molar-refractivity contribution < 1.29 is 19.4 Å². The van der Waals surface area contributed by atoms with Crippen molar-refractivity contribution in [3.63, 3.8) is 0 Å². The molecule has 0 radical (unpaired) electrons. The molecule has 27 heavy (non-hydrogen) atoms. The molecule has 0 spiro atoms. The zero-order valence-electron chi connectivity index (χ0n) is 14.6. The zero-order valence-corrected chi connectivity index (χ0v) is 15.4. The van der Waals surface area contributed by atoms with Gasteiger partial charge in [-0.3, -0.25) is 4.79 Å². The minimum absolute atomic E-state index is 0.116. The molecule has 1 aliphatic rings. The van der Waals surface area contributed by atoms with Crippen LogP contribution < -0.4 is 14.8 Å². The van der Waals surface area contributed by atoms with Crippen LogP contribution in [-0.2, 0) is 0 Å². The molecule has 2 heterocycles. The summed E-state index contributed by atoms with van der Waals surface area (Å²) < 4.78 is 11.0. The Labute approximate surface area is 161 Å². The van der Waals surface area contributed by atoms with E-state index in [9.17, 15) is 9.90 Å². The third-order valence-electron chi connectivity index (χ3n) is 4.41. The number of aliphatic hydroxyl groups is 1. The third-order valence-corrected chi connectivity index (χ3v) is 5.09. The highest BCUT2D eigenvalue weighted by atomic mass is 32.1. The SMILES string of the molecule is O=C(NCC(O)c1ccc2c(c1)OCCO2)c1ccc(-c2ccsc2)cc1. The van der Waals surface area contributed by atoms with Crippen molar-refractivity contribution >= 4 is 17.2 Å². The Kier molecular flexibility index (Phi) is 5.09. The van der Waals surface area contributed by atoms with Crippen LogP contribution in [0.2, 0.25) is 0 Å². The normalized spacial score (nSPS) is 13.8. The molecule has 0 aliphatic carbocycles. The Morgan fingerprint density at radius 3 is 2.56 bits per heavy atom. The van der Waals surface area contributed by atoms with E-state index in [0.717, 1.165) is 11.1 Å². The number of benzene rings is 2. The Morgan fingerprint density at radius 1 is 1.04 bits per heavy atom. The van der Waals surface area contributed by atoms with E-state index in [4.69, 9.17) is 9.47 Å². The maximum atomic E-state index is 12.3. The largest absolute Gasteiger partial charge is 0.486 e. The first-order valence-electron chi connectivity index (χ1n) is 8.69. The molecule has 4 rings (SSSR count). The summed E-state index contributed by atoms with van der Waals surface area (Å²) in [5.41, 5.74) is 3.45. The summed E-state index contributed by atoms with van der Waals surface area (Å²) in [4.78, 5) is 12.3. The summed E-state index contributed by atoms with van der Waals surface area (Å²) >= 11 is 1.64. The van der Waals surface area contributed by atoms with E-state index in [1.54, 1.807) is 41.7 Å². The van der Waals surface area contributed by atoms with Crippen molar-refractivity contribution in [2.24, 2.45) is 0 Å². The predicted molar refractivity (Wildman–Crippen MR) is 104 cm³/mol. The number of hydrogen-bond donors (Lipinski definition) is 2. The second-order valence-corrected chi connectivity index (χ2v) is 7.00. The van der Waals surface area contributed by atoms with Gasteiger partial charge in [0.2, 0.25) is 0 Å². The van der Waals surface area contributed by atoms with Crippen LogP contribution in [-0.4, -0.2) is 30.8 Å². The molecule has 2 aromatic carbocycles. The van der Waals surface area contributed by atoms with Crippen molar-refractivity contribution in [3.05, 3.63) is 70.4 Å². The van der Waals surface area contributed by atoms with Gasteiger partial charge in [0, 0.05) is 12.1 Å². The van der Waals surface area contributed by atoms with Crippen molar-refractivity contribution in [1.82, 2.24) is 5.32 Å². The molecule has 2 N–H and O–H groups in total. The highest BCUT2D eigenvalue weighted by molar-refractivity contribution is 7.08. The molecule has 1 aromatic heterocycles. The number of hydrogen-bond acceptors (Lipinski definition) is 5. The molecule has 1 unspecified atom stereocenters. The molecule has 0 saturated carbocycles. The Morgan fingerprint density at radius 2 is 1.81 bits per heavy atom. The number of fused-ring (bicyclic) bond motifs is 1. The van der Waals surface area contributed by atoms with Crippen LogP contribution in [0.1, 0.15) is 22.0 Å². The van der Waals surface area contributed by atoms with E-state index in [-0.39, 0.29) is 12.5 Å². The van der Waals surface area contributed by atoms with E-state index in [0.29, 0.717) is 35.8 Å². The van der Waals surface area contributed by atoms with Gasteiger partial charge in [-0.15, -0.1) is 0 Å². The van der Waals surface area contributed by atoms with Gasteiger partial charge in [0.25, 0.3) is 5.91 Å². The van der Waals surface area contributed by atoms with Crippen LogP contribution in [0.5, 0.6) is 11.5 Å². The first-order valence-corrected chi connectivity index (χ1v) is 9.63. The summed E-state index contributed by atoms with van der Waals surface area (Å²) in [6, 6.07) is 14.8. The monoisotopic (exact) mass is 381 g/mol. The fraction of sp³-hybridized carbons (Fsp3) is 0.190. The average Bonchev–Trinajstić information content (AvgIpc) is 3.26. The smallest absolute Gasteiger partial charge is 0.251 e. The van der Waals surface area contributed by atoms with Gasteiger partial charge in [-0.1, -0.05) is 18.2 Å². The van der Waals surface area contributed by atoms with E-state index < -0.39 is 6.10 Å². The van der Waals surface area contributed by atoms with Gasteiger partial charge in [0.1, 0.15) is 13.2 Å². The number of ether oxygens (including phenoxy) is 2. The standard InChI is InChI=1S/C21H19NO4S/c23-18(16-5-6-19-20(11-16)26-9-8-25-19)12-22-21(24)15-3-1-14(2-4-15)17-7-10-27-13-17/h1-7,10-11,13,18,23H,8-9,12H2,(H,22,24). The van der Waals surface area contributed by atoms with Crippen molar-refractivity contribution in [1.29, 1.82) is 0 Å². The van der Waals surface area contributed by atoms with Gasteiger partial charge in [-0.05, 0) is 57.8 Å². The van der Waals surface area contributed by atoms with Crippen LogP contribution in [0, 0.1) is 0 Å². The minimum atomic E-state index is -0.824. The van der Waals surface area contributed by atoms with Crippen LogP contribution in [0.15, 0.2) is 59.3 Å². The molecule has 1 atom stereocenters. The van der Waals surface area contributed by atoms with Crippen LogP contribution >= 0.6 is 11.3 Å². The van der Waals surface area contributed by atoms with Crippen LogP contribution in [0.4, 0.5) is 0 Å². The number of aliphatic hydroxyl groups excluding tert-OH is 1. The van der Waals surface area contributed by atoms with Crippen molar-refractivity contribution in [2.75, 3.05) is 19.8 Å². The summed E-state index contributed by atoms with van der Waals surface area (Å²) in [5, 5.41) is 17.2. The lowest BCUT2D eigenvalue weighted by atomic mass is 10.1. The Balaban J connectivity index is 1.37. The van der Waals surface area contributed by atoms with Crippen molar-refractivity contribution in [3.8, 4) is 22.6 Å². The number of carbonyl (C=O) groups is 1. The highest BCUT2D eigenvalue weighted by Crippen LogP contribution is 2.32. The summed E-state index contributed by atoms with van der Waals surface area (Å²) in [5.74, 6) is 1.07. The molecular weight excluding hydrogens is 362 g/mol. The van der Waals surface area contributed by atoms with Gasteiger partial charge in [0.15, 0.2) is 11.5 Å². The molecule has 1 amide bonds. The van der Waals surface area contributed by atoms with Gasteiger partial charge >= 0.3 is 0 Å². The number of carbonyl (C=O) groups excluding carboxylic acids is 1. The number of amides is 1. The highest BCUT2D eigenvalue weighted by Gasteiger charge is 2.16. The lowest BCUT2D eigenvalue weighted by molar-refractivity contribution is 0.0916. The molecule has 6 heteroatoms. The van der Waals surface area contributed by atoms with Crippen LogP contribution in [0.25, 0.3) is 11.1 Å². The lowest BCUT2D eigenvalue weighted by Crippen LogP contribution is -2.28. The molecule has 5 nitrogen and oxygen atoms in total. The molecule has 138 valence electrons. The number of rotatable bonds is 5. The van der Waals surface area contributed by atoms with Gasteiger partial charge < -0.3 is 19.9 Å². The molecular formula is C21H19NO4S. The van der Waals surface area contributed by atoms with E-state index >= 15 is 0 Å². The summed E-state index contributed by atoms with van der Waals surface area (Å²) in [7, 11) is 0. The van der Waals surface area contributed by atoms with Crippen LogP contribution in [0.3, 0.4) is 0 Å². The fourth-order valence-electron chi connectivity index (χ4n) is 2.92. The summed E-state index contributed by atoms with van der Waals surface area (Å²) in [6.45, 7) is 1.13. The second kappa shape index (κ2) is 7.82. The maximum absolute atomic E-state index is 12.3. The van der Waals surface area contributed by atoms with E-state index in [1.165, 1.54) is 0 Å². The first kappa shape index (κ1) is 17.6. The quantitative estimate of drug-likeness (QED) is 0.708. The average molecular weight is 381 g/mol. The van der Waals surface area contributed by atoms with Crippen molar-refractivity contribution in [2.45, 2.75) is 6.10 Å². The molecule has 3 aromatic rings. The third kappa shape index (κ3) is 3.97. The molecule has 0 fully saturated rings. The molecule has 1 aliphatic heterocycles. The maximum Gasteiger partial charge on any atom is 0.251 e. The predicted octanol–water partition coefficient (Wildman–Crippen LogP) is 3.65. The lowest BCUT2D eigenvalue weighted by Gasteiger charge is -2.20. The minimum Gasteiger partial charge on any atom is -0.486 e. The Bertz CT molecular complexity index is 922. The zero-order chi connectivity index (χ0) is 18.6. The van der Waals surface area contributed by atoms with Gasteiger partial charge in [-0.2, -0.15) is 11.3 Å². The fourth-order valence-corrected chi connectivity index (χ4v) is 3.58. The molecule has 0 saturated heterocycles. The molecule has 0 bridgehead atoms. The summed E-state index contributed by atoms with van der Waals surface area (Å²) in [6.07, 6.45) is -0.824. The van der Waals surface area contributed by atoms with Gasteiger partial charge in [0.05, 0.1) is 6.10 Å². The number of nitrogens with one attached hydrogen (secondary N) is 1. The van der Waals surface area contributed by atoms with E-state index in [2.05, 4.69) is 10.7 Å². The first-order chi connectivity index (χ1) is 13.2. The van der Waals surface area contributed by atoms with Gasteiger partial charge in [-0.25, -0.2) is 0 Å². The Hall–Kier alpha value is -2.83. The number of thiophene rings is 1. The van der Waals surface area contributed by atoms with E-state index in [1.807, 2.05) is 23.6 Å². The second-order valence-electron chi connectivity index (χ2n) is 6.22.